The summed E-state index contributed by atoms with van der Waals surface area (Å²) in [6, 6.07) is 5.21. The van der Waals surface area contributed by atoms with Crippen LogP contribution >= 0.6 is 11.6 Å². The van der Waals surface area contributed by atoms with Crippen LogP contribution in [0, 0.1) is 6.92 Å². The van der Waals surface area contributed by atoms with Crippen molar-refractivity contribution in [3.63, 3.8) is 0 Å². The molecule has 2 saturated heterocycles. The number of carboxylic acid groups (broad SMARTS) is 1. The molecule has 2 aliphatic heterocycles. The Morgan fingerprint density at radius 2 is 1.93 bits per heavy atom. The Labute approximate surface area is 194 Å². The first-order chi connectivity index (χ1) is 13.0. The van der Waals surface area contributed by atoms with Gasteiger partial charge >= 0.3 is 29.6 Å². The third-order valence-electron chi connectivity index (χ3n) is 5.64. The SMILES string of the molecule is Cc1onc(-c2ccccc2Cl)c1[C@@H]1C(=O)N2[C@@H](C(=O)[O-])C(C)(C)S(=O)(=O)[C@H]12.[Na+]. The van der Waals surface area contributed by atoms with Gasteiger partial charge < -0.3 is 19.3 Å². The summed E-state index contributed by atoms with van der Waals surface area (Å²) in [5.41, 5.74) is 1.07. The average molecular weight is 447 g/mol. The first-order valence-electron chi connectivity index (χ1n) is 8.49. The second-order valence-electron chi connectivity index (χ2n) is 7.46. The van der Waals surface area contributed by atoms with Gasteiger partial charge in [0.25, 0.3) is 0 Å². The van der Waals surface area contributed by atoms with E-state index in [1.54, 1.807) is 31.2 Å². The molecule has 2 aromatic rings. The Bertz CT molecular complexity index is 1130. The average Bonchev–Trinajstić information content (AvgIpc) is 3.03. The van der Waals surface area contributed by atoms with E-state index in [1.165, 1.54) is 13.8 Å². The predicted molar refractivity (Wildman–Crippen MR) is 96.9 cm³/mol. The molecule has 148 valence electrons. The van der Waals surface area contributed by atoms with E-state index in [1.807, 2.05) is 0 Å². The molecule has 1 aromatic heterocycles. The maximum Gasteiger partial charge on any atom is 1.00 e. The maximum atomic E-state index is 13.1. The molecule has 0 bridgehead atoms. The van der Waals surface area contributed by atoms with E-state index >= 15 is 0 Å². The number of β-lactam (4-membered cyclic amide) rings is 1. The first kappa shape index (κ1) is 22.3. The summed E-state index contributed by atoms with van der Waals surface area (Å²) >= 11 is 6.24. The number of benzene rings is 1. The summed E-state index contributed by atoms with van der Waals surface area (Å²) in [6.45, 7) is 4.16. The zero-order valence-electron chi connectivity index (χ0n) is 16.2. The van der Waals surface area contributed by atoms with E-state index in [9.17, 15) is 23.1 Å². The molecule has 0 saturated carbocycles. The van der Waals surface area contributed by atoms with Crippen LogP contribution in [0.4, 0.5) is 0 Å². The Hall–Kier alpha value is -1.39. The van der Waals surface area contributed by atoms with Gasteiger partial charge in [-0.15, -0.1) is 0 Å². The molecular weight excluding hydrogens is 431 g/mol. The van der Waals surface area contributed by atoms with Gasteiger partial charge in [0.15, 0.2) is 15.2 Å². The molecule has 3 atom stereocenters. The van der Waals surface area contributed by atoms with Crippen LogP contribution in [0.1, 0.15) is 31.1 Å². The van der Waals surface area contributed by atoms with E-state index in [0.29, 0.717) is 16.1 Å². The van der Waals surface area contributed by atoms with Crippen LogP contribution < -0.4 is 34.7 Å². The van der Waals surface area contributed by atoms with Gasteiger partial charge in [-0.2, -0.15) is 0 Å². The number of carboxylic acids is 1. The number of halogens is 1. The number of aryl methyl sites for hydroxylation is 1. The van der Waals surface area contributed by atoms with E-state index in [-0.39, 0.29) is 41.0 Å². The monoisotopic (exact) mass is 446 g/mol. The van der Waals surface area contributed by atoms with Gasteiger partial charge in [0.2, 0.25) is 5.91 Å². The molecule has 1 amide bonds. The van der Waals surface area contributed by atoms with Gasteiger partial charge in [0, 0.05) is 11.1 Å². The minimum absolute atomic E-state index is 0. The fraction of sp³-hybridized carbons (Fsp3) is 0.389. The smallest absolute Gasteiger partial charge is 0.548 e. The number of rotatable bonds is 3. The minimum Gasteiger partial charge on any atom is -0.548 e. The van der Waals surface area contributed by atoms with Crippen molar-refractivity contribution in [2.24, 2.45) is 0 Å². The third kappa shape index (κ3) is 2.82. The van der Waals surface area contributed by atoms with Crippen molar-refractivity contribution in [1.82, 2.24) is 10.1 Å². The molecular formula is C18H16ClN2NaO6S. The number of carbonyl (C=O) groups is 2. The Kier molecular flexibility index (Phi) is 5.45. The number of amides is 1. The largest absolute Gasteiger partial charge is 1.00 e. The predicted octanol–water partition coefficient (Wildman–Crippen LogP) is -2.12. The van der Waals surface area contributed by atoms with E-state index in [2.05, 4.69) is 5.16 Å². The van der Waals surface area contributed by atoms with Crippen molar-refractivity contribution < 1.29 is 57.2 Å². The summed E-state index contributed by atoms with van der Waals surface area (Å²) in [5, 5.41) is 14.6. The van der Waals surface area contributed by atoms with Gasteiger partial charge in [0.1, 0.15) is 17.4 Å². The number of fused-ring (bicyclic) bond motifs is 1. The van der Waals surface area contributed by atoms with Crippen molar-refractivity contribution in [3.05, 3.63) is 40.6 Å². The number of nitrogens with zero attached hydrogens (tertiary/aromatic N) is 2. The van der Waals surface area contributed by atoms with E-state index in [4.69, 9.17) is 16.1 Å². The molecule has 0 aliphatic carbocycles. The summed E-state index contributed by atoms with van der Waals surface area (Å²) in [7, 11) is -4.01. The second kappa shape index (κ2) is 7.09. The van der Waals surface area contributed by atoms with Crippen LogP contribution in [0.25, 0.3) is 11.3 Å². The molecule has 4 rings (SSSR count). The number of aromatic nitrogens is 1. The number of hydrogen-bond donors (Lipinski definition) is 0. The molecule has 0 N–H and O–H groups in total. The van der Waals surface area contributed by atoms with Crippen molar-refractivity contribution in [3.8, 4) is 11.3 Å². The molecule has 1 aromatic carbocycles. The van der Waals surface area contributed by atoms with Crippen LogP contribution in [0.3, 0.4) is 0 Å². The molecule has 3 heterocycles. The van der Waals surface area contributed by atoms with Crippen LogP contribution in [-0.2, 0) is 19.4 Å². The van der Waals surface area contributed by atoms with Crippen LogP contribution in [-0.4, -0.2) is 46.5 Å². The van der Waals surface area contributed by atoms with Crippen molar-refractivity contribution in [2.75, 3.05) is 0 Å². The summed E-state index contributed by atoms with van der Waals surface area (Å²) in [5.74, 6) is -3.06. The van der Waals surface area contributed by atoms with Gasteiger partial charge in [0.05, 0.1) is 21.8 Å². The number of hydrogen-bond acceptors (Lipinski definition) is 7. The second-order valence-corrected chi connectivity index (χ2v) is 10.5. The van der Waals surface area contributed by atoms with Crippen LogP contribution in [0.2, 0.25) is 5.02 Å². The fourth-order valence-electron chi connectivity index (χ4n) is 4.15. The normalized spacial score (nSPS) is 26.4. The van der Waals surface area contributed by atoms with Crippen molar-refractivity contribution >= 4 is 33.3 Å². The Balaban J connectivity index is 0.00000240. The molecule has 8 nitrogen and oxygen atoms in total. The molecule has 11 heteroatoms. The quantitative estimate of drug-likeness (QED) is 0.390. The Morgan fingerprint density at radius 3 is 2.52 bits per heavy atom. The van der Waals surface area contributed by atoms with Crippen LogP contribution in [0.15, 0.2) is 28.8 Å². The molecule has 0 radical (unpaired) electrons. The fourth-order valence-corrected chi connectivity index (χ4v) is 6.65. The van der Waals surface area contributed by atoms with Crippen molar-refractivity contribution in [1.29, 1.82) is 0 Å². The molecule has 2 fully saturated rings. The van der Waals surface area contributed by atoms with Gasteiger partial charge in [-0.1, -0.05) is 35.0 Å². The molecule has 2 aliphatic rings. The summed E-state index contributed by atoms with van der Waals surface area (Å²) in [6.07, 6.45) is 0. The van der Waals surface area contributed by atoms with Crippen LogP contribution in [0.5, 0.6) is 0 Å². The van der Waals surface area contributed by atoms with E-state index in [0.717, 1.165) is 4.90 Å². The van der Waals surface area contributed by atoms with Gasteiger partial charge in [-0.3, -0.25) is 4.79 Å². The zero-order valence-corrected chi connectivity index (χ0v) is 19.7. The first-order valence-corrected chi connectivity index (χ1v) is 10.4. The topological polar surface area (TPSA) is 121 Å². The number of sulfone groups is 1. The molecule has 0 spiro atoms. The standard InChI is InChI=1S/C18H17ClN2O6S.Na/c1-8-11(13(20-27-8)9-6-4-5-7-10(9)19)12-15(22)21-14(17(23)24)18(2,3)28(25,26)16(12)21;/h4-7,12,14,16H,1-3H3,(H,23,24);/q;+1/p-1/t12-,14+,16-;/m1./s1. The molecule has 0 unspecified atom stereocenters. The summed E-state index contributed by atoms with van der Waals surface area (Å²) in [4.78, 5) is 25.4. The van der Waals surface area contributed by atoms with Crippen molar-refractivity contribution in [2.45, 2.75) is 42.9 Å². The summed E-state index contributed by atoms with van der Waals surface area (Å²) < 4.78 is 29.8. The molecule has 29 heavy (non-hydrogen) atoms. The third-order valence-corrected chi connectivity index (χ3v) is 8.79. The minimum atomic E-state index is -4.01. The van der Waals surface area contributed by atoms with Gasteiger partial charge in [-0.25, -0.2) is 8.42 Å². The number of aliphatic carboxylic acids is 1. The maximum absolute atomic E-state index is 13.1. The van der Waals surface area contributed by atoms with Gasteiger partial charge in [-0.05, 0) is 26.8 Å². The Morgan fingerprint density at radius 1 is 1.31 bits per heavy atom. The zero-order chi connectivity index (χ0) is 20.6. The van der Waals surface area contributed by atoms with E-state index < -0.39 is 43.8 Å². The number of carbonyl (C=O) groups excluding carboxylic acids is 2.